The Morgan fingerprint density at radius 2 is 1.91 bits per heavy atom. The Hall–Kier alpha value is -3.87. The van der Waals surface area contributed by atoms with Crippen molar-refractivity contribution in [3.8, 4) is 6.07 Å². The van der Waals surface area contributed by atoms with Crippen LogP contribution in [-0.2, 0) is 26.2 Å². The number of nitriles is 1. The Morgan fingerprint density at radius 3 is 2.58 bits per heavy atom. The molecule has 6 nitrogen and oxygen atoms in total. The molecular weight excluding hydrogens is 551 g/mol. The van der Waals surface area contributed by atoms with Crippen LogP contribution in [0.2, 0.25) is 0 Å². The zero-order chi connectivity index (χ0) is 30.2. The molecule has 1 saturated heterocycles. The van der Waals surface area contributed by atoms with Crippen LogP contribution in [-0.4, -0.2) is 41.6 Å². The van der Waals surface area contributed by atoms with Gasteiger partial charge in [0.1, 0.15) is 0 Å². The molecule has 3 aliphatic rings. The number of halogens is 3. The summed E-state index contributed by atoms with van der Waals surface area (Å²) < 4.78 is 41.8. The van der Waals surface area contributed by atoms with Crippen LogP contribution in [0, 0.1) is 22.7 Å². The van der Waals surface area contributed by atoms with Crippen LogP contribution in [0.15, 0.2) is 66.8 Å². The number of alkyl halides is 3. The standard InChI is InChI=1S/C34H36F3N5O/c1-41-28-10-7-25(32(43)40-22-33(21-38)14-3-2-4-15-33)19-27(28)30-29(41)13-18-42(31(30)24-11-16-39-17-12-24)20-23-5-8-26(9-6-23)34(35,36)37/h2-10,14,19,24,31,39H,11-13,15-18,20,22H2,1H3,(H,40,43). The van der Waals surface area contributed by atoms with Crippen LogP contribution in [0.5, 0.6) is 0 Å². The maximum atomic E-state index is 13.4. The summed E-state index contributed by atoms with van der Waals surface area (Å²) in [7, 11) is 2.07. The van der Waals surface area contributed by atoms with Gasteiger partial charge in [0.2, 0.25) is 0 Å². The average Bonchev–Trinajstić information content (AvgIpc) is 3.31. The quantitative estimate of drug-likeness (QED) is 0.368. The van der Waals surface area contributed by atoms with E-state index in [9.17, 15) is 23.2 Å². The second-order valence-electron chi connectivity index (χ2n) is 12.0. The molecule has 0 radical (unpaired) electrons. The van der Waals surface area contributed by atoms with Crippen molar-refractivity contribution >= 4 is 16.8 Å². The molecule has 1 amide bonds. The van der Waals surface area contributed by atoms with Gasteiger partial charge in [0.05, 0.1) is 17.0 Å². The number of piperidine rings is 1. The van der Waals surface area contributed by atoms with Crippen LogP contribution in [0.4, 0.5) is 13.2 Å². The molecule has 9 heteroatoms. The fourth-order valence-electron chi connectivity index (χ4n) is 7.03. The predicted octanol–water partition coefficient (Wildman–Crippen LogP) is 6.05. The summed E-state index contributed by atoms with van der Waals surface area (Å²) in [6, 6.07) is 13.8. The zero-order valence-corrected chi connectivity index (χ0v) is 24.3. The number of amides is 1. The lowest BCUT2D eigenvalue weighted by Gasteiger charge is -2.42. The molecule has 0 bridgehead atoms. The maximum absolute atomic E-state index is 13.4. The molecule has 2 aromatic carbocycles. The first-order chi connectivity index (χ1) is 20.7. The Morgan fingerprint density at radius 1 is 1.14 bits per heavy atom. The lowest BCUT2D eigenvalue weighted by molar-refractivity contribution is -0.137. The van der Waals surface area contributed by atoms with E-state index in [0.717, 1.165) is 55.4 Å². The highest BCUT2D eigenvalue weighted by atomic mass is 19.4. The van der Waals surface area contributed by atoms with Crippen LogP contribution in [0.25, 0.3) is 10.9 Å². The minimum Gasteiger partial charge on any atom is -0.350 e. The molecule has 1 fully saturated rings. The van der Waals surface area contributed by atoms with Gasteiger partial charge >= 0.3 is 6.18 Å². The van der Waals surface area contributed by atoms with Crippen molar-refractivity contribution in [1.29, 1.82) is 5.26 Å². The SMILES string of the molecule is Cn1c2c(c3cc(C(=O)NCC4(C#N)C=CC=CC4)ccc31)C(C1CCNCC1)N(Cc1ccc(C(F)(F)F)cc1)CC2. The number of carbonyl (C=O) groups excluding carboxylic acids is 1. The van der Waals surface area contributed by atoms with E-state index in [1.54, 1.807) is 12.1 Å². The van der Waals surface area contributed by atoms with Gasteiger partial charge in [0, 0.05) is 61.3 Å². The Bertz CT molecular complexity index is 1610. The molecule has 43 heavy (non-hydrogen) atoms. The Balaban J connectivity index is 1.33. The molecule has 1 aliphatic carbocycles. The molecule has 2 unspecified atom stereocenters. The second-order valence-corrected chi connectivity index (χ2v) is 12.0. The van der Waals surface area contributed by atoms with E-state index in [-0.39, 0.29) is 18.5 Å². The number of hydrogen-bond donors (Lipinski definition) is 2. The number of benzene rings is 2. The van der Waals surface area contributed by atoms with E-state index in [1.807, 2.05) is 42.5 Å². The smallest absolute Gasteiger partial charge is 0.350 e. The van der Waals surface area contributed by atoms with Crippen molar-refractivity contribution in [2.45, 2.75) is 44.4 Å². The van der Waals surface area contributed by atoms with Crippen molar-refractivity contribution in [3.63, 3.8) is 0 Å². The van der Waals surface area contributed by atoms with E-state index >= 15 is 0 Å². The van der Waals surface area contributed by atoms with Crippen molar-refractivity contribution < 1.29 is 18.0 Å². The highest BCUT2D eigenvalue weighted by Crippen LogP contribution is 2.44. The van der Waals surface area contributed by atoms with Crippen molar-refractivity contribution in [2.24, 2.45) is 18.4 Å². The number of aromatic nitrogens is 1. The lowest BCUT2D eigenvalue weighted by atomic mass is 9.81. The molecule has 6 rings (SSSR count). The summed E-state index contributed by atoms with van der Waals surface area (Å²) in [4.78, 5) is 15.8. The third-order valence-corrected chi connectivity index (χ3v) is 9.38. The van der Waals surface area contributed by atoms with Gasteiger partial charge in [0.25, 0.3) is 5.91 Å². The molecule has 2 aliphatic heterocycles. The van der Waals surface area contributed by atoms with Crippen LogP contribution in [0.1, 0.15) is 58.0 Å². The third kappa shape index (κ3) is 5.74. The molecule has 0 spiro atoms. The van der Waals surface area contributed by atoms with Crippen LogP contribution < -0.4 is 10.6 Å². The molecule has 1 aromatic heterocycles. The summed E-state index contributed by atoms with van der Waals surface area (Å²) in [5.41, 5.74) is 3.56. The van der Waals surface area contributed by atoms with E-state index < -0.39 is 17.2 Å². The number of aryl methyl sites for hydroxylation is 1. The second kappa shape index (κ2) is 11.7. The van der Waals surface area contributed by atoms with Crippen molar-refractivity contribution in [3.05, 3.63) is 94.7 Å². The zero-order valence-electron chi connectivity index (χ0n) is 24.3. The summed E-state index contributed by atoms with van der Waals surface area (Å²) in [6.07, 6.45) is 6.55. The fourth-order valence-corrected chi connectivity index (χ4v) is 7.03. The summed E-state index contributed by atoms with van der Waals surface area (Å²) in [5.74, 6) is 0.160. The van der Waals surface area contributed by atoms with Gasteiger partial charge < -0.3 is 15.2 Å². The first-order valence-corrected chi connectivity index (χ1v) is 14.9. The number of nitrogens with one attached hydrogen (secondary N) is 2. The first-order valence-electron chi connectivity index (χ1n) is 14.9. The van der Waals surface area contributed by atoms with Gasteiger partial charge in [-0.1, -0.05) is 36.4 Å². The number of rotatable bonds is 6. The van der Waals surface area contributed by atoms with Crippen molar-refractivity contribution in [1.82, 2.24) is 20.1 Å². The Kier molecular flexibility index (Phi) is 7.92. The van der Waals surface area contributed by atoms with Gasteiger partial charge in [-0.05, 0) is 79.7 Å². The maximum Gasteiger partial charge on any atom is 0.416 e. The lowest BCUT2D eigenvalue weighted by Crippen LogP contribution is -2.42. The number of fused-ring (bicyclic) bond motifs is 3. The molecule has 3 heterocycles. The van der Waals surface area contributed by atoms with Crippen molar-refractivity contribution in [2.75, 3.05) is 26.2 Å². The molecule has 2 N–H and O–H groups in total. The molecule has 0 saturated carbocycles. The van der Waals surface area contributed by atoms with Crippen LogP contribution in [0.3, 0.4) is 0 Å². The monoisotopic (exact) mass is 587 g/mol. The van der Waals surface area contributed by atoms with Gasteiger partial charge in [0.15, 0.2) is 0 Å². The van der Waals surface area contributed by atoms with E-state index in [4.69, 9.17) is 0 Å². The summed E-state index contributed by atoms with van der Waals surface area (Å²) in [5, 5.41) is 17.3. The topological polar surface area (TPSA) is 73.1 Å². The van der Waals surface area contributed by atoms with Gasteiger partial charge in [-0.25, -0.2) is 0 Å². The number of nitrogens with zero attached hydrogens (tertiary/aromatic N) is 3. The third-order valence-electron chi connectivity index (χ3n) is 9.38. The molecular formula is C34H36F3N5O. The molecule has 3 aromatic rings. The highest BCUT2D eigenvalue weighted by molar-refractivity contribution is 5.99. The van der Waals surface area contributed by atoms with E-state index in [2.05, 4.69) is 33.2 Å². The van der Waals surface area contributed by atoms with Gasteiger partial charge in [-0.15, -0.1) is 0 Å². The summed E-state index contributed by atoms with van der Waals surface area (Å²) in [6.45, 7) is 3.44. The predicted molar refractivity (Wildman–Crippen MR) is 160 cm³/mol. The van der Waals surface area contributed by atoms with E-state index in [1.165, 1.54) is 23.4 Å². The normalized spacial score (nSPS) is 22.8. The Labute approximate surface area is 249 Å². The van der Waals surface area contributed by atoms with Gasteiger partial charge in [-0.3, -0.25) is 9.69 Å². The van der Waals surface area contributed by atoms with Crippen LogP contribution >= 0.6 is 0 Å². The fraction of sp³-hybridized carbons (Fsp3) is 0.412. The van der Waals surface area contributed by atoms with Gasteiger partial charge in [-0.2, -0.15) is 18.4 Å². The molecule has 2 atom stereocenters. The average molecular weight is 588 g/mol. The molecule has 224 valence electrons. The highest BCUT2D eigenvalue weighted by Gasteiger charge is 2.38. The minimum absolute atomic E-state index is 0.0798. The van der Waals surface area contributed by atoms with E-state index in [0.29, 0.717) is 24.4 Å². The summed E-state index contributed by atoms with van der Waals surface area (Å²) >= 11 is 0. The number of allylic oxidation sites excluding steroid dienone is 3. The number of carbonyl (C=O) groups is 1. The number of hydrogen-bond acceptors (Lipinski definition) is 4. The first kappa shape index (κ1) is 29.2. The minimum atomic E-state index is -4.36. The largest absolute Gasteiger partial charge is 0.416 e.